The molecule has 1 heterocycles. The Bertz CT molecular complexity index is 566. The highest BCUT2D eigenvalue weighted by Gasteiger charge is 2.24. The molecule has 1 fully saturated rings. The highest BCUT2D eigenvalue weighted by molar-refractivity contribution is 5.98. The molecular formula is C17H24N4O. The average molecular weight is 300 g/mol. The van der Waals surface area contributed by atoms with E-state index in [0.29, 0.717) is 0 Å². The molecule has 2 N–H and O–H groups in total. The Morgan fingerprint density at radius 2 is 2.14 bits per heavy atom. The molecule has 1 aromatic rings. The molecule has 0 atom stereocenters. The number of hydrogen-bond donors (Lipinski definition) is 2. The van der Waals surface area contributed by atoms with Crippen LogP contribution in [0.15, 0.2) is 29.3 Å². The lowest BCUT2D eigenvalue weighted by Crippen LogP contribution is -2.39. The van der Waals surface area contributed by atoms with Crippen LogP contribution in [0.25, 0.3) is 0 Å². The number of rotatable bonds is 5. The number of hydrogen-bond acceptors (Lipinski definition) is 2. The number of guanidine groups is 1. The summed E-state index contributed by atoms with van der Waals surface area (Å²) in [5.74, 6) is 1.59. The van der Waals surface area contributed by atoms with Gasteiger partial charge in [-0.05, 0) is 43.7 Å². The van der Waals surface area contributed by atoms with Gasteiger partial charge < -0.3 is 15.5 Å². The van der Waals surface area contributed by atoms with E-state index < -0.39 is 0 Å². The molecule has 0 bridgehead atoms. The van der Waals surface area contributed by atoms with Crippen LogP contribution >= 0.6 is 0 Å². The van der Waals surface area contributed by atoms with Crippen molar-refractivity contribution in [3.8, 4) is 0 Å². The monoisotopic (exact) mass is 300 g/mol. The van der Waals surface area contributed by atoms with Crippen molar-refractivity contribution in [2.24, 2.45) is 10.9 Å². The van der Waals surface area contributed by atoms with Crippen molar-refractivity contribution >= 4 is 17.6 Å². The summed E-state index contributed by atoms with van der Waals surface area (Å²) in [5, 5.41) is 6.51. The van der Waals surface area contributed by atoms with Gasteiger partial charge in [-0.25, -0.2) is 4.99 Å². The lowest BCUT2D eigenvalue weighted by atomic mass is 10.2. The molecular weight excluding hydrogens is 276 g/mol. The van der Waals surface area contributed by atoms with Crippen molar-refractivity contribution in [3.63, 3.8) is 0 Å². The third-order valence-electron chi connectivity index (χ3n) is 4.16. The predicted molar refractivity (Wildman–Crippen MR) is 89.2 cm³/mol. The van der Waals surface area contributed by atoms with Gasteiger partial charge in [-0.15, -0.1) is 0 Å². The number of para-hydroxylation sites is 1. The van der Waals surface area contributed by atoms with Gasteiger partial charge in [0.2, 0.25) is 5.91 Å². The first-order chi connectivity index (χ1) is 10.8. The summed E-state index contributed by atoms with van der Waals surface area (Å²) in [5.41, 5.74) is 2.29. The van der Waals surface area contributed by atoms with Crippen molar-refractivity contribution in [1.29, 1.82) is 0 Å². The Balaban J connectivity index is 1.59. The van der Waals surface area contributed by atoms with E-state index in [-0.39, 0.29) is 12.5 Å². The van der Waals surface area contributed by atoms with Crippen LogP contribution in [-0.2, 0) is 11.2 Å². The maximum Gasteiger partial charge on any atom is 0.248 e. The second-order valence-corrected chi connectivity index (χ2v) is 5.94. The van der Waals surface area contributed by atoms with E-state index in [2.05, 4.69) is 21.7 Å². The zero-order valence-electron chi connectivity index (χ0n) is 13.1. The molecule has 0 unspecified atom stereocenters. The fourth-order valence-corrected chi connectivity index (χ4v) is 2.73. The highest BCUT2D eigenvalue weighted by Crippen LogP contribution is 2.28. The molecule has 5 heteroatoms. The van der Waals surface area contributed by atoms with E-state index in [1.165, 1.54) is 18.4 Å². The Morgan fingerprint density at radius 3 is 2.91 bits per heavy atom. The summed E-state index contributed by atoms with van der Waals surface area (Å²) < 4.78 is 0. The minimum atomic E-state index is 0.0635. The smallest absolute Gasteiger partial charge is 0.248 e. The third-order valence-corrected chi connectivity index (χ3v) is 4.16. The number of carbonyl (C=O) groups excluding carboxylic acids is 1. The molecule has 3 rings (SSSR count). The van der Waals surface area contributed by atoms with E-state index in [9.17, 15) is 4.79 Å². The number of nitrogens with one attached hydrogen (secondary N) is 2. The number of fused-ring (bicyclic) bond motifs is 1. The van der Waals surface area contributed by atoms with Crippen LogP contribution in [0, 0.1) is 5.92 Å². The molecule has 0 spiro atoms. The summed E-state index contributed by atoms with van der Waals surface area (Å²) in [6, 6.07) is 8.11. The Labute approximate surface area is 131 Å². The number of anilines is 1. The third kappa shape index (κ3) is 3.59. The zero-order valence-corrected chi connectivity index (χ0v) is 13.1. The zero-order chi connectivity index (χ0) is 15.4. The van der Waals surface area contributed by atoms with E-state index in [4.69, 9.17) is 0 Å². The summed E-state index contributed by atoms with van der Waals surface area (Å²) >= 11 is 0. The molecule has 1 aromatic carbocycles. The number of carbonyl (C=O) groups is 1. The van der Waals surface area contributed by atoms with Crippen LogP contribution in [0.1, 0.15) is 25.3 Å². The number of amides is 1. The number of benzene rings is 1. The molecule has 0 saturated heterocycles. The van der Waals surface area contributed by atoms with Gasteiger partial charge >= 0.3 is 0 Å². The SMILES string of the molecule is CCNC(=NCC(=O)N1CCc2ccccc21)NCC1CC1. The molecule has 22 heavy (non-hydrogen) atoms. The van der Waals surface area contributed by atoms with Crippen molar-refractivity contribution in [3.05, 3.63) is 29.8 Å². The normalized spacial score (nSPS) is 17.3. The molecule has 5 nitrogen and oxygen atoms in total. The minimum Gasteiger partial charge on any atom is -0.357 e. The molecule has 1 saturated carbocycles. The maximum absolute atomic E-state index is 12.4. The quantitative estimate of drug-likeness (QED) is 0.640. The first kappa shape index (κ1) is 14.9. The lowest BCUT2D eigenvalue weighted by molar-refractivity contribution is -0.117. The highest BCUT2D eigenvalue weighted by atomic mass is 16.2. The Kier molecular flexibility index (Phi) is 4.61. The van der Waals surface area contributed by atoms with Crippen LogP contribution in [0.5, 0.6) is 0 Å². The van der Waals surface area contributed by atoms with Crippen LogP contribution in [-0.4, -0.2) is 38.0 Å². The van der Waals surface area contributed by atoms with Crippen molar-refractivity contribution < 1.29 is 4.79 Å². The van der Waals surface area contributed by atoms with Crippen molar-refractivity contribution in [2.75, 3.05) is 31.1 Å². The average Bonchev–Trinajstić information content (AvgIpc) is 3.27. The molecule has 0 radical (unpaired) electrons. The topological polar surface area (TPSA) is 56.7 Å². The van der Waals surface area contributed by atoms with Gasteiger partial charge in [-0.1, -0.05) is 18.2 Å². The summed E-state index contributed by atoms with van der Waals surface area (Å²) in [4.78, 5) is 18.7. The largest absolute Gasteiger partial charge is 0.357 e. The van der Waals surface area contributed by atoms with Gasteiger partial charge in [-0.3, -0.25) is 4.79 Å². The molecule has 118 valence electrons. The van der Waals surface area contributed by atoms with Gasteiger partial charge in [0.1, 0.15) is 6.54 Å². The fraction of sp³-hybridized carbons (Fsp3) is 0.529. The van der Waals surface area contributed by atoms with E-state index in [0.717, 1.165) is 43.6 Å². The van der Waals surface area contributed by atoms with Gasteiger partial charge in [-0.2, -0.15) is 0 Å². The fourth-order valence-electron chi connectivity index (χ4n) is 2.73. The van der Waals surface area contributed by atoms with Crippen LogP contribution < -0.4 is 15.5 Å². The molecule has 1 aliphatic carbocycles. The Morgan fingerprint density at radius 1 is 1.32 bits per heavy atom. The molecule has 1 amide bonds. The van der Waals surface area contributed by atoms with Crippen molar-refractivity contribution in [2.45, 2.75) is 26.2 Å². The van der Waals surface area contributed by atoms with Crippen molar-refractivity contribution in [1.82, 2.24) is 10.6 Å². The van der Waals surface area contributed by atoms with E-state index in [1.54, 1.807) is 0 Å². The van der Waals surface area contributed by atoms with Gasteiger partial charge in [0.05, 0.1) is 0 Å². The van der Waals surface area contributed by atoms with Crippen LogP contribution in [0.3, 0.4) is 0 Å². The number of aliphatic imine (C=N–C) groups is 1. The summed E-state index contributed by atoms with van der Waals surface area (Å²) in [7, 11) is 0. The van der Waals surface area contributed by atoms with Crippen LogP contribution in [0.2, 0.25) is 0 Å². The van der Waals surface area contributed by atoms with Gasteiger partial charge in [0.15, 0.2) is 5.96 Å². The molecule has 1 aliphatic heterocycles. The predicted octanol–water partition coefficient (Wildman–Crippen LogP) is 1.54. The van der Waals surface area contributed by atoms with Gasteiger partial charge in [0.25, 0.3) is 0 Å². The second-order valence-electron chi connectivity index (χ2n) is 5.94. The number of nitrogens with zero attached hydrogens (tertiary/aromatic N) is 2. The first-order valence-electron chi connectivity index (χ1n) is 8.18. The van der Waals surface area contributed by atoms with E-state index in [1.807, 2.05) is 30.0 Å². The lowest BCUT2D eigenvalue weighted by Gasteiger charge is -2.17. The van der Waals surface area contributed by atoms with Crippen LogP contribution in [0.4, 0.5) is 5.69 Å². The van der Waals surface area contributed by atoms with E-state index >= 15 is 0 Å². The minimum absolute atomic E-state index is 0.0635. The standard InChI is InChI=1S/C17H24N4O/c1-2-18-17(19-11-13-7-8-13)20-12-16(22)21-10-9-14-5-3-4-6-15(14)21/h3-6,13H,2,7-12H2,1H3,(H2,18,19,20). The second kappa shape index (κ2) is 6.81. The first-order valence-corrected chi connectivity index (χ1v) is 8.18. The molecule has 2 aliphatic rings. The summed E-state index contributed by atoms with van der Waals surface area (Å²) in [6.07, 6.45) is 3.54. The summed E-state index contributed by atoms with van der Waals surface area (Å²) in [6.45, 7) is 4.74. The van der Waals surface area contributed by atoms with Gasteiger partial charge in [0, 0.05) is 25.3 Å². The Hall–Kier alpha value is -2.04. The maximum atomic E-state index is 12.4. The molecule has 0 aromatic heterocycles.